The summed E-state index contributed by atoms with van der Waals surface area (Å²) in [7, 11) is 1.59. The molecule has 0 aliphatic rings. The molecule has 160 valence electrons. The number of ether oxygens (including phenoxy) is 1. The summed E-state index contributed by atoms with van der Waals surface area (Å²) < 4.78 is 5.19. The Bertz CT molecular complexity index is 1130. The van der Waals surface area contributed by atoms with Crippen LogP contribution < -0.4 is 26.4 Å². The minimum atomic E-state index is -0.428. The van der Waals surface area contributed by atoms with E-state index in [1.165, 1.54) is 0 Å². The van der Waals surface area contributed by atoms with Crippen LogP contribution in [0.1, 0.15) is 16.1 Å². The smallest absolute Gasteiger partial charge is 0.271 e. The molecule has 1 amide bonds. The van der Waals surface area contributed by atoms with Crippen LogP contribution in [0.5, 0.6) is 5.75 Å². The minimum absolute atomic E-state index is 0.0535. The van der Waals surface area contributed by atoms with Crippen molar-refractivity contribution in [2.24, 2.45) is 5.84 Å². The predicted molar refractivity (Wildman–Crippen MR) is 127 cm³/mol. The highest BCUT2D eigenvalue weighted by molar-refractivity contribution is 7.80. The van der Waals surface area contributed by atoms with Crippen molar-refractivity contribution >= 4 is 52.1 Å². The van der Waals surface area contributed by atoms with Gasteiger partial charge in [0, 0.05) is 11.3 Å². The lowest BCUT2D eigenvalue weighted by Crippen LogP contribution is -2.51. The first-order valence-corrected chi connectivity index (χ1v) is 10.2. The fourth-order valence-electron chi connectivity index (χ4n) is 2.70. The number of nitrogens with zero attached hydrogens (tertiary/aromatic N) is 2. The number of amides is 1. The topological polar surface area (TPSA) is 92.5 Å². The van der Waals surface area contributed by atoms with E-state index in [0.717, 1.165) is 16.3 Å². The molecule has 0 bridgehead atoms. The number of nitrogens with two attached hydrogens (primary N) is 1. The van der Waals surface area contributed by atoms with E-state index in [2.05, 4.69) is 15.8 Å². The number of thiocarbonyl (C=S) groups is 1. The molecular formula is C21H19Cl2N5O2S. The third kappa shape index (κ3) is 5.42. The Hall–Kier alpha value is -2.91. The molecule has 0 aliphatic carbocycles. The highest BCUT2D eigenvalue weighted by Gasteiger charge is 2.16. The van der Waals surface area contributed by atoms with Crippen molar-refractivity contribution in [1.29, 1.82) is 0 Å². The fourth-order valence-corrected chi connectivity index (χ4v) is 3.15. The van der Waals surface area contributed by atoms with E-state index < -0.39 is 5.91 Å². The van der Waals surface area contributed by atoms with E-state index in [-0.39, 0.29) is 5.11 Å². The lowest BCUT2D eigenvalue weighted by atomic mass is 10.0. The Morgan fingerprint density at radius 2 is 1.77 bits per heavy atom. The van der Waals surface area contributed by atoms with Crippen molar-refractivity contribution in [3.8, 4) is 17.0 Å². The van der Waals surface area contributed by atoms with Gasteiger partial charge in [-0.3, -0.25) is 25.6 Å². The zero-order valence-electron chi connectivity index (χ0n) is 16.6. The third-order valence-electron chi connectivity index (χ3n) is 4.33. The van der Waals surface area contributed by atoms with Crippen LogP contribution >= 0.6 is 35.4 Å². The fraction of sp³-hybridized carbons (Fsp3) is 0.0952. The molecule has 0 radical (unpaired) electrons. The zero-order chi connectivity index (χ0) is 22.5. The number of hydrazine groups is 2. The van der Waals surface area contributed by atoms with Gasteiger partial charge >= 0.3 is 0 Å². The van der Waals surface area contributed by atoms with E-state index in [1.807, 2.05) is 19.1 Å². The van der Waals surface area contributed by atoms with Crippen molar-refractivity contribution in [2.45, 2.75) is 6.92 Å². The van der Waals surface area contributed by atoms with Crippen molar-refractivity contribution in [3.05, 3.63) is 75.9 Å². The number of carbonyl (C=O) groups is 1. The summed E-state index contributed by atoms with van der Waals surface area (Å²) in [4.78, 5) is 17.4. The number of anilines is 1. The average molecular weight is 476 g/mol. The van der Waals surface area contributed by atoms with E-state index >= 15 is 0 Å². The Morgan fingerprint density at radius 1 is 1.06 bits per heavy atom. The second kappa shape index (κ2) is 9.93. The normalized spacial score (nSPS) is 10.4. The second-order valence-corrected chi connectivity index (χ2v) is 7.63. The summed E-state index contributed by atoms with van der Waals surface area (Å²) in [5, 5.41) is 1.94. The lowest BCUT2D eigenvalue weighted by Gasteiger charge is -2.21. The predicted octanol–water partition coefficient (Wildman–Crippen LogP) is 4.27. The maximum Gasteiger partial charge on any atom is 0.271 e. The number of methoxy groups -OCH3 is 1. The van der Waals surface area contributed by atoms with Crippen molar-refractivity contribution in [2.75, 3.05) is 12.1 Å². The molecule has 0 saturated heterocycles. The molecule has 2 aromatic carbocycles. The first-order chi connectivity index (χ1) is 14.8. The standard InChI is InChI=1S/C21H19Cl2N5O2S/c1-12-3-9-16(19(25-12)13-4-7-15(30-2)8-5-13)20(29)26-27-21(31)28(24)14-6-10-17(22)18(23)11-14/h3-11H,24H2,1-2H3,(H,26,29)(H,27,31). The molecule has 0 atom stereocenters. The monoisotopic (exact) mass is 475 g/mol. The number of aromatic nitrogens is 1. The van der Waals surface area contributed by atoms with Gasteiger partial charge in [0.15, 0.2) is 0 Å². The summed E-state index contributed by atoms with van der Waals surface area (Å²) >= 11 is 17.2. The number of benzene rings is 2. The number of rotatable bonds is 4. The van der Waals surface area contributed by atoms with Crippen LogP contribution in [-0.2, 0) is 0 Å². The molecule has 1 aromatic heterocycles. The van der Waals surface area contributed by atoms with Crippen LogP contribution in [0.15, 0.2) is 54.6 Å². The Labute approximate surface area is 195 Å². The van der Waals surface area contributed by atoms with Crippen LogP contribution in [0.4, 0.5) is 5.69 Å². The minimum Gasteiger partial charge on any atom is -0.497 e. The highest BCUT2D eigenvalue weighted by atomic mass is 35.5. The Kier molecular flexibility index (Phi) is 7.29. The zero-order valence-corrected chi connectivity index (χ0v) is 19.0. The van der Waals surface area contributed by atoms with Crippen molar-refractivity contribution in [3.63, 3.8) is 0 Å². The molecule has 7 nitrogen and oxygen atoms in total. The van der Waals surface area contributed by atoms with Crippen LogP contribution in [0.3, 0.4) is 0 Å². The number of hydrogen-bond acceptors (Lipinski definition) is 5. The summed E-state index contributed by atoms with van der Waals surface area (Å²) in [6, 6.07) is 15.5. The lowest BCUT2D eigenvalue weighted by molar-refractivity contribution is 0.0944. The number of pyridine rings is 1. The third-order valence-corrected chi connectivity index (χ3v) is 5.36. The van der Waals surface area contributed by atoms with Gasteiger partial charge in [0.2, 0.25) is 5.11 Å². The molecular weight excluding hydrogens is 457 g/mol. The molecule has 0 spiro atoms. The van der Waals surface area contributed by atoms with Gasteiger partial charge in [0.25, 0.3) is 5.91 Å². The Balaban J connectivity index is 1.75. The van der Waals surface area contributed by atoms with Gasteiger partial charge in [-0.25, -0.2) is 5.84 Å². The van der Waals surface area contributed by atoms with Gasteiger partial charge < -0.3 is 4.74 Å². The van der Waals surface area contributed by atoms with Crippen molar-refractivity contribution < 1.29 is 9.53 Å². The molecule has 3 rings (SSSR count). The van der Waals surface area contributed by atoms with Gasteiger partial charge in [0.05, 0.1) is 34.1 Å². The summed E-state index contributed by atoms with van der Waals surface area (Å²) in [6.45, 7) is 1.85. The van der Waals surface area contributed by atoms with E-state index in [4.69, 9.17) is 46.0 Å². The molecule has 3 aromatic rings. The SMILES string of the molecule is COc1ccc(-c2nc(C)ccc2C(=O)NNC(=S)N(N)c2ccc(Cl)c(Cl)c2)cc1. The van der Waals surface area contributed by atoms with Gasteiger partial charge in [0.1, 0.15) is 5.75 Å². The average Bonchev–Trinajstić information content (AvgIpc) is 2.78. The largest absolute Gasteiger partial charge is 0.497 e. The van der Waals surface area contributed by atoms with E-state index in [1.54, 1.807) is 49.6 Å². The Morgan fingerprint density at radius 3 is 2.42 bits per heavy atom. The van der Waals surface area contributed by atoms with Gasteiger partial charge in [-0.2, -0.15) is 0 Å². The number of hydrogen-bond donors (Lipinski definition) is 3. The summed E-state index contributed by atoms with van der Waals surface area (Å²) in [5.74, 6) is 6.28. The first-order valence-electron chi connectivity index (χ1n) is 9.02. The molecule has 4 N–H and O–H groups in total. The number of carbonyl (C=O) groups excluding carboxylic acids is 1. The van der Waals surface area contributed by atoms with Crippen LogP contribution in [0.25, 0.3) is 11.3 Å². The van der Waals surface area contributed by atoms with Gasteiger partial charge in [-0.15, -0.1) is 0 Å². The second-order valence-electron chi connectivity index (χ2n) is 6.43. The van der Waals surface area contributed by atoms with Crippen molar-refractivity contribution in [1.82, 2.24) is 15.8 Å². The van der Waals surface area contributed by atoms with Gasteiger partial charge in [-0.1, -0.05) is 23.2 Å². The molecule has 31 heavy (non-hydrogen) atoms. The highest BCUT2D eigenvalue weighted by Crippen LogP contribution is 2.26. The summed E-state index contributed by atoms with van der Waals surface area (Å²) in [6.07, 6.45) is 0. The van der Waals surface area contributed by atoms with E-state index in [0.29, 0.717) is 32.7 Å². The van der Waals surface area contributed by atoms with Gasteiger partial charge in [-0.05, 0) is 73.7 Å². The van der Waals surface area contributed by atoms with Crippen LogP contribution in [0, 0.1) is 6.92 Å². The molecule has 0 fully saturated rings. The molecule has 1 heterocycles. The molecule has 0 unspecified atom stereocenters. The number of nitrogens with one attached hydrogen (secondary N) is 2. The first kappa shape index (κ1) is 22.8. The maximum atomic E-state index is 12.8. The molecule has 0 saturated carbocycles. The number of aryl methyl sites for hydroxylation is 1. The number of halogens is 2. The van der Waals surface area contributed by atoms with E-state index in [9.17, 15) is 4.79 Å². The quantitative estimate of drug-likeness (QED) is 0.294. The molecule has 10 heteroatoms. The summed E-state index contributed by atoms with van der Waals surface area (Å²) in [5.41, 5.74) is 8.13. The molecule has 0 aliphatic heterocycles. The van der Waals surface area contributed by atoms with Crippen LogP contribution in [0.2, 0.25) is 10.0 Å². The van der Waals surface area contributed by atoms with Crippen LogP contribution in [-0.4, -0.2) is 23.1 Å². The maximum absolute atomic E-state index is 12.8.